The molecule has 122 valence electrons. The highest BCUT2D eigenvalue weighted by molar-refractivity contribution is 5.68. The van der Waals surface area contributed by atoms with Crippen LogP contribution in [0, 0.1) is 5.41 Å². The molecule has 22 heavy (non-hydrogen) atoms. The van der Waals surface area contributed by atoms with Crippen LogP contribution in [-0.2, 0) is 11.2 Å². The van der Waals surface area contributed by atoms with Crippen molar-refractivity contribution >= 4 is 6.09 Å². The highest BCUT2D eigenvalue weighted by Gasteiger charge is 2.36. The third-order valence-corrected chi connectivity index (χ3v) is 4.11. The summed E-state index contributed by atoms with van der Waals surface area (Å²) in [6.45, 7) is 6.98. The van der Waals surface area contributed by atoms with Crippen molar-refractivity contribution in [1.82, 2.24) is 9.88 Å². The maximum absolute atomic E-state index is 12.1. The molecule has 5 heteroatoms. The van der Waals surface area contributed by atoms with Gasteiger partial charge in [-0.1, -0.05) is 6.07 Å². The lowest BCUT2D eigenvalue weighted by atomic mass is 9.75. The van der Waals surface area contributed by atoms with E-state index in [1.54, 1.807) is 11.1 Å². The van der Waals surface area contributed by atoms with Crippen molar-refractivity contribution in [2.75, 3.05) is 19.7 Å². The fraction of sp³-hybridized carbons (Fsp3) is 0.647. The molecule has 2 rings (SSSR count). The van der Waals surface area contributed by atoms with Crippen LogP contribution in [0.2, 0.25) is 0 Å². The van der Waals surface area contributed by atoms with E-state index in [2.05, 4.69) is 4.98 Å². The first-order chi connectivity index (χ1) is 10.3. The van der Waals surface area contributed by atoms with E-state index in [4.69, 9.17) is 4.74 Å². The van der Waals surface area contributed by atoms with Crippen LogP contribution in [0.5, 0.6) is 0 Å². The van der Waals surface area contributed by atoms with E-state index in [0.717, 1.165) is 24.8 Å². The summed E-state index contributed by atoms with van der Waals surface area (Å²) in [6.07, 6.45) is 5.67. The highest BCUT2D eigenvalue weighted by atomic mass is 16.6. The van der Waals surface area contributed by atoms with Crippen molar-refractivity contribution in [3.63, 3.8) is 0 Å². The Morgan fingerprint density at radius 3 is 2.59 bits per heavy atom. The fourth-order valence-electron chi connectivity index (χ4n) is 2.82. The molecular weight excluding hydrogens is 280 g/mol. The Kier molecular flexibility index (Phi) is 5.06. The number of piperidine rings is 1. The molecule has 0 unspecified atom stereocenters. The first kappa shape index (κ1) is 16.7. The molecule has 1 saturated heterocycles. The van der Waals surface area contributed by atoms with Crippen LogP contribution in [0.1, 0.15) is 39.2 Å². The molecule has 0 atom stereocenters. The van der Waals surface area contributed by atoms with Gasteiger partial charge in [0.2, 0.25) is 0 Å². The van der Waals surface area contributed by atoms with E-state index in [1.807, 2.05) is 39.1 Å². The molecule has 1 N–H and O–H groups in total. The molecular formula is C17H26N2O3. The number of aliphatic hydroxyl groups excluding tert-OH is 1. The molecule has 1 fully saturated rings. The van der Waals surface area contributed by atoms with Crippen LogP contribution in [-0.4, -0.2) is 46.4 Å². The number of carbonyl (C=O) groups excluding carboxylic acids is 1. The minimum absolute atomic E-state index is 0.129. The van der Waals surface area contributed by atoms with Gasteiger partial charge in [-0.3, -0.25) is 4.98 Å². The Bertz CT molecular complexity index is 488. The van der Waals surface area contributed by atoms with Gasteiger partial charge < -0.3 is 14.7 Å². The first-order valence-electron chi connectivity index (χ1n) is 7.81. The number of aromatic nitrogens is 1. The van der Waals surface area contributed by atoms with Crippen LogP contribution in [0.15, 0.2) is 24.5 Å². The fourth-order valence-corrected chi connectivity index (χ4v) is 2.82. The Hall–Kier alpha value is -1.62. The van der Waals surface area contributed by atoms with E-state index >= 15 is 0 Å². The van der Waals surface area contributed by atoms with Gasteiger partial charge in [-0.05, 0) is 51.7 Å². The zero-order chi connectivity index (χ0) is 16.2. The number of pyridine rings is 1. The van der Waals surface area contributed by atoms with Crippen molar-refractivity contribution in [2.24, 2.45) is 5.41 Å². The van der Waals surface area contributed by atoms with Gasteiger partial charge in [0.15, 0.2) is 0 Å². The molecule has 1 aliphatic heterocycles. The Labute approximate surface area is 132 Å². The second-order valence-electron chi connectivity index (χ2n) is 7.16. The monoisotopic (exact) mass is 306 g/mol. The number of ether oxygens (including phenoxy) is 1. The van der Waals surface area contributed by atoms with Crippen molar-refractivity contribution in [2.45, 2.75) is 45.6 Å². The minimum atomic E-state index is -0.474. The molecule has 1 amide bonds. The topological polar surface area (TPSA) is 62.7 Å². The van der Waals surface area contributed by atoms with Crippen LogP contribution in [0.3, 0.4) is 0 Å². The average molecular weight is 306 g/mol. The number of amides is 1. The SMILES string of the molecule is CC(C)(C)OC(=O)N1CCC(CO)(Cc2cccnc2)CC1. The average Bonchev–Trinajstić information content (AvgIpc) is 2.47. The Balaban J connectivity index is 1.95. The van der Waals surface area contributed by atoms with E-state index in [0.29, 0.717) is 13.1 Å². The number of rotatable bonds is 3. The predicted octanol–water partition coefficient (Wildman–Crippen LogP) is 2.63. The van der Waals surface area contributed by atoms with Gasteiger partial charge in [0.05, 0.1) is 0 Å². The highest BCUT2D eigenvalue weighted by Crippen LogP contribution is 2.35. The molecule has 2 heterocycles. The molecule has 0 bridgehead atoms. The third-order valence-electron chi connectivity index (χ3n) is 4.11. The summed E-state index contributed by atoms with van der Waals surface area (Å²) in [6, 6.07) is 3.95. The second kappa shape index (κ2) is 6.65. The van der Waals surface area contributed by atoms with Gasteiger partial charge in [-0.25, -0.2) is 4.79 Å². The molecule has 1 aromatic rings. The second-order valence-corrected chi connectivity index (χ2v) is 7.16. The lowest BCUT2D eigenvalue weighted by Gasteiger charge is -2.41. The molecule has 1 aliphatic rings. The molecule has 0 aromatic carbocycles. The van der Waals surface area contributed by atoms with Gasteiger partial charge in [0.25, 0.3) is 0 Å². The lowest BCUT2D eigenvalue weighted by Crippen LogP contribution is -2.47. The number of likely N-dealkylation sites (tertiary alicyclic amines) is 1. The summed E-state index contributed by atoms with van der Waals surface area (Å²) >= 11 is 0. The van der Waals surface area contributed by atoms with E-state index in [-0.39, 0.29) is 18.1 Å². The van der Waals surface area contributed by atoms with Crippen molar-refractivity contribution < 1.29 is 14.6 Å². The summed E-state index contributed by atoms with van der Waals surface area (Å²) < 4.78 is 5.41. The smallest absolute Gasteiger partial charge is 0.410 e. The maximum Gasteiger partial charge on any atom is 0.410 e. The molecule has 0 saturated carbocycles. The lowest BCUT2D eigenvalue weighted by molar-refractivity contribution is -0.000200. The zero-order valence-electron chi connectivity index (χ0n) is 13.7. The quantitative estimate of drug-likeness (QED) is 0.932. The molecule has 0 radical (unpaired) electrons. The number of hydrogen-bond donors (Lipinski definition) is 1. The maximum atomic E-state index is 12.1. The van der Waals surface area contributed by atoms with Gasteiger partial charge >= 0.3 is 6.09 Å². The zero-order valence-corrected chi connectivity index (χ0v) is 13.7. The van der Waals surface area contributed by atoms with Crippen molar-refractivity contribution in [1.29, 1.82) is 0 Å². The molecule has 0 spiro atoms. The van der Waals surface area contributed by atoms with Gasteiger partial charge in [-0.15, -0.1) is 0 Å². The molecule has 5 nitrogen and oxygen atoms in total. The molecule has 1 aromatic heterocycles. The van der Waals surface area contributed by atoms with E-state index in [9.17, 15) is 9.90 Å². The first-order valence-corrected chi connectivity index (χ1v) is 7.81. The summed E-state index contributed by atoms with van der Waals surface area (Å²) in [5.41, 5.74) is 0.488. The predicted molar refractivity (Wildman–Crippen MR) is 84.5 cm³/mol. The van der Waals surface area contributed by atoms with Crippen molar-refractivity contribution in [3.8, 4) is 0 Å². The number of carbonyl (C=O) groups is 1. The van der Waals surface area contributed by atoms with E-state index in [1.165, 1.54) is 0 Å². The summed E-state index contributed by atoms with van der Waals surface area (Å²) in [4.78, 5) is 18.0. The van der Waals surface area contributed by atoms with Crippen LogP contribution < -0.4 is 0 Å². The largest absolute Gasteiger partial charge is 0.444 e. The van der Waals surface area contributed by atoms with Crippen LogP contribution in [0.25, 0.3) is 0 Å². The Morgan fingerprint density at radius 1 is 1.41 bits per heavy atom. The standard InChI is InChI=1S/C17H26N2O3/c1-16(2,3)22-15(21)19-9-6-17(13-20,7-10-19)11-14-5-4-8-18-12-14/h4-5,8,12,20H,6-7,9-11,13H2,1-3H3. The number of nitrogens with zero attached hydrogens (tertiary/aromatic N) is 2. The third kappa shape index (κ3) is 4.44. The van der Waals surface area contributed by atoms with Gasteiger partial charge in [-0.2, -0.15) is 0 Å². The van der Waals surface area contributed by atoms with Gasteiger partial charge in [0, 0.05) is 37.5 Å². The van der Waals surface area contributed by atoms with Crippen LogP contribution in [0.4, 0.5) is 4.79 Å². The summed E-state index contributed by atoms with van der Waals surface area (Å²) in [5.74, 6) is 0. The molecule has 0 aliphatic carbocycles. The van der Waals surface area contributed by atoms with Crippen molar-refractivity contribution in [3.05, 3.63) is 30.1 Å². The van der Waals surface area contributed by atoms with Crippen LogP contribution >= 0.6 is 0 Å². The minimum Gasteiger partial charge on any atom is -0.444 e. The Morgan fingerprint density at radius 2 is 2.09 bits per heavy atom. The van der Waals surface area contributed by atoms with Gasteiger partial charge in [0.1, 0.15) is 5.60 Å². The number of hydrogen-bond acceptors (Lipinski definition) is 4. The number of aliphatic hydroxyl groups is 1. The summed E-state index contributed by atoms with van der Waals surface area (Å²) in [5, 5.41) is 9.86. The van der Waals surface area contributed by atoms with E-state index < -0.39 is 5.60 Å². The summed E-state index contributed by atoms with van der Waals surface area (Å²) in [7, 11) is 0. The normalized spacial score (nSPS) is 18.1.